The summed E-state index contributed by atoms with van der Waals surface area (Å²) in [6.07, 6.45) is 2.02. The summed E-state index contributed by atoms with van der Waals surface area (Å²) >= 11 is 6.01. The van der Waals surface area contributed by atoms with Crippen LogP contribution in [0.25, 0.3) is 0 Å². The topological polar surface area (TPSA) is 49.4 Å². The first kappa shape index (κ1) is 14.8. The minimum Gasteiger partial charge on any atom is -0.198 e. The van der Waals surface area contributed by atoms with E-state index in [1.165, 1.54) is 4.31 Å². The fourth-order valence-electron chi connectivity index (χ4n) is 2.27. The van der Waals surface area contributed by atoms with Gasteiger partial charge in [-0.3, -0.25) is 0 Å². The highest BCUT2D eigenvalue weighted by molar-refractivity contribution is 7.87. The molecule has 19 heavy (non-hydrogen) atoms. The quantitative estimate of drug-likeness (QED) is 0.928. The third-order valence-electron chi connectivity index (χ3n) is 3.36. The molecule has 0 amide bonds. The molecule has 1 N–H and O–H groups in total. The first-order valence-electron chi connectivity index (χ1n) is 6.47. The van der Waals surface area contributed by atoms with Crippen molar-refractivity contribution in [1.82, 2.24) is 9.03 Å². The molecular weight excluding hydrogens is 284 g/mol. The Hall–Kier alpha value is -0.620. The second kappa shape index (κ2) is 6.22. The molecule has 0 bridgehead atoms. The van der Waals surface area contributed by atoms with Crippen molar-refractivity contribution in [3.8, 4) is 0 Å². The van der Waals surface area contributed by atoms with Gasteiger partial charge in [-0.05, 0) is 30.4 Å². The molecule has 1 aliphatic heterocycles. The molecule has 1 aromatic rings. The maximum atomic E-state index is 12.2. The van der Waals surface area contributed by atoms with E-state index in [0.717, 1.165) is 18.4 Å². The van der Waals surface area contributed by atoms with Crippen molar-refractivity contribution >= 4 is 21.8 Å². The Labute approximate surface area is 119 Å². The number of halogens is 1. The van der Waals surface area contributed by atoms with Crippen LogP contribution in [0, 0.1) is 5.92 Å². The first-order valence-corrected chi connectivity index (χ1v) is 8.29. The number of piperidine rings is 1. The van der Waals surface area contributed by atoms with E-state index in [2.05, 4.69) is 11.6 Å². The summed E-state index contributed by atoms with van der Waals surface area (Å²) in [4.78, 5) is 0. The minimum atomic E-state index is -3.41. The Morgan fingerprint density at radius 2 is 2.16 bits per heavy atom. The van der Waals surface area contributed by atoms with Crippen LogP contribution in [-0.4, -0.2) is 25.8 Å². The van der Waals surface area contributed by atoms with Crippen LogP contribution in [0.3, 0.4) is 0 Å². The SMILES string of the molecule is CC1CCCN(S(=O)(=O)NCc2ccccc2Cl)C1. The Morgan fingerprint density at radius 1 is 1.42 bits per heavy atom. The van der Waals surface area contributed by atoms with Crippen molar-refractivity contribution in [2.24, 2.45) is 5.92 Å². The van der Waals surface area contributed by atoms with Gasteiger partial charge in [0.15, 0.2) is 0 Å². The lowest BCUT2D eigenvalue weighted by molar-refractivity contribution is 0.278. The Balaban J connectivity index is 2.00. The smallest absolute Gasteiger partial charge is 0.198 e. The molecule has 106 valence electrons. The summed E-state index contributed by atoms with van der Waals surface area (Å²) in [5.41, 5.74) is 0.790. The van der Waals surface area contributed by atoms with Crippen LogP contribution < -0.4 is 4.72 Å². The fourth-order valence-corrected chi connectivity index (χ4v) is 3.81. The van der Waals surface area contributed by atoms with Gasteiger partial charge >= 0.3 is 0 Å². The van der Waals surface area contributed by atoms with E-state index in [-0.39, 0.29) is 6.54 Å². The van der Waals surface area contributed by atoms with Gasteiger partial charge in [-0.1, -0.05) is 36.7 Å². The van der Waals surface area contributed by atoms with Crippen LogP contribution >= 0.6 is 11.6 Å². The van der Waals surface area contributed by atoms with Crippen LogP contribution in [-0.2, 0) is 16.8 Å². The summed E-state index contributed by atoms with van der Waals surface area (Å²) in [5.74, 6) is 0.422. The number of benzene rings is 1. The molecule has 1 unspecified atom stereocenters. The zero-order valence-electron chi connectivity index (χ0n) is 11.0. The molecule has 1 saturated heterocycles. The van der Waals surface area contributed by atoms with E-state index in [1.807, 2.05) is 18.2 Å². The zero-order chi connectivity index (χ0) is 13.9. The lowest BCUT2D eigenvalue weighted by Crippen LogP contribution is -2.45. The molecular formula is C13H19ClN2O2S. The molecule has 6 heteroatoms. The first-order chi connectivity index (χ1) is 8.99. The van der Waals surface area contributed by atoms with Crippen LogP contribution in [0.1, 0.15) is 25.3 Å². The van der Waals surface area contributed by atoms with Gasteiger partial charge in [0.2, 0.25) is 0 Å². The summed E-state index contributed by atoms with van der Waals surface area (Å²) < 4.78 is 28.5. The largest absolute Gasteiger partial charge is 0.279 e. The highest BCUT2D eigenvalue weighted by Gasteiger charge is 2.26. The average molecular weight is 303 g/mol. The van der Waals surface area contributed by atoms with Gasteiger partial charge in [-0.2, -0.15) is 17.4 Å². The van der Waals surface area contributed by atoms with E-state index < -0.39 is 10.2 Å². The van der Waals surface area contributed by atoms with E-state index in [4.69, 9.17) is 11.6 Å². The van der Waals surface area contributed by atoms with Crippen LogP contribution in [0.2, 0.25) is 5.02 Å². The molecule has 0 spiro atoms. The highest BCUT2D eigenvalue weighted by atomic mass is 35.5. The molecule has 1 atom stereocenters. The van der Waals surface area contributed by atoms with Gasteiger partial charge in [0.25, 0.3) is 10.2 Å². The van der Waals surface area contributed by atoms with Gasteiger partial charge < -0.3 is 0 Å². The van der Waals surface area contributed by atoms with Gasteiger partial charge in [0.1, 0.15) is 0 Å². The lowest BCUT2D eigenvalue weighted by atomic mass is 10.0. The predicted octanol–water partition coefficient (Wildman–Crippen LogP) is 2.41. The van der Waals surface area contributed by atoms with E-state index in [0.29, 0.717) is 24.0 Å². The van der Waals surface area contributed by atoms with Crippen molar-refractivity contribution < 1.29 is 8.42 Å². The second-order valence-corrected chi connectivity index (χ2v) is 7.19. The van der Waals surface area contributed by atoms with Crippen molar-refractivity contribution in [2.45, 2.75) is 26.3 Å². The standard InChI is InChI=1S/C13H19ClN2O2S/c1-11-5-4-8-16(10-11)19(17,18)15-9-12-6-2-3-7-13(12)14/h2-3,6-7,11,15H,4-5,8-10H2,1H3. The van der Waals surface area contributed by atoms with Crippen LogP contribution in [0.5, 0.6) is 0 Å². The summed E-state index contributed by atoms with van der Waals surface area (Å²) in [7, 11) is -3.41. The van der Waals surface area contributed by atoms with Gasteiger partial charge in [-0.15, -0.1) is 0 Å². The number of hydrogen-bond donors (Lipinski definition) is 1. The molecule has 0 radical (unpaired) electrons. The fraction of sp³-hybridized carbons (Fsp3) is 0.538. The average Bonchev–Trinajstić information content (AvgIpc) is 2.38. The zero-order valence-corrected chi connectivity index (χ0v) is 12.5. The maximum absolute atomic E-state index is 12.2. The van der Waals surface area contributed by atoms with Crippen LogP contribution in [0.15, 0.2) is 24.3 Å². The molecule has 2 rings (SSSR count). The summed E-state index contributed by atoms with van der Waals surface area (Å²) in [6, 6.07) is 7.25. The molecule has 1 fully saturated rings. The maximum Gasteiger partial charge on any atom is 0.279 e. The van der Waals surface area contributed by atoms with Gasteiger partial charge in [-0.25, -0.2) is 0 Å². The number of nitrogens with zero attached hydrogens (tertiary/aromatic N) is 1. The lowest BCUT2D eigenvalue weighted by Gasteiger charge is -2.30. The Kier molecular flexibility index (Phi) is 4.84. The number of nitrogens with one attached hydrogen (secondary N) is 1. The van der Waals surface area contributed by atoms with Crippen LogP contribution in [0.4, 0.5) is 0 Å². The van der Waals surface area contributed by atoms with Crippen molar-refractivity contribution in [2.75, 3.05) is 13.1 Å². The molecule has 1 aromatic carbocycles. The van der Waals surface area contributed by atoms with Gasteiger partial charge in [0.05, 0.1) is 0 Å². The molecule has 4 nitrogen and oxygen atoms in total. The molecule has 1 heterocycles. The summed E-state index contributed by atoms with van der Waals surface area (Å²) in [5, 5.41) is 0.581. The molecule has 0 saturated carbocycles. The van der Waals surface area contributed by atoms with Crippen molar-refractivity contribution in [3.05, 3.63) is 34.9 Å². The molecule has 1 aliphatic rings. The number of rotatable bonds is 4. The van der Waals surface area contributed by atoms with E-state index in [9.17, 15) is 8.42 Å². The van der Waals surface area contributed by atoms with Crippen molar-refractivity contribution in [1.29, 1.82) is 0 Å². The van der Waals surface area contributed by atoms with Crippen molar-refractivity contribution in [3.63, 3.8) is 0 Å². The number of hydrogen-bond acceptors (Lipinski definition) is 2. The second-order valence-electron chi connectivity index (χ2n) is 5.02. The van der Waals surface area contributed by atoms with E-state index >= 15 is 0 Å². The monoisotopic (exact) mass is 302 g/mol. The van der Waals surface area contributed by atoms with E-state index in [1.54, 1.807) is 6.07 Å². The highest BCUT2D eigenvalue weighted by Crippen LogP contribution is 2.19. The molecule has 0 aromatic heterocycles. The molecule has 0 aliphatic carbocycles. The Morgan fingerprint density at radius 3 is 2.84 bits per heavy atom. The predicted molar refractivity (Wildman–Crippen MR) is 77.2 cm³/mol. The minimum absolute atomic E-state index is 0.229. The Bertz CT molecular complexity index is 533. The normalized spacial score (nSPS) is 21.5. The summed E-state index contributed by atoms with van der Waals surface area (Å²) in [6.45, 7) is 3.50. The van der Waals surface area contributed by atoms with Gasteiger partial charge in [0, 0.05) is 24.7 Å². The third-order valence-corrected chi connectivity index (χ3v) is 5.25. The third kappa shape index (κ3) is 3.92.